The molecule has 0 bridgehead atoms. The lowest BCUT2D eigenvalue weighted by Gasteiger charge is -2.14. The molecule has 0 spiro atoms. The van der Waals surface area contributed by atoms with Gasteiger partial charge in [-0.2, -0.15) is 0 Å². The van der Waals surface area contributed by atoms with E-state index in [1.165, 1.54) is 25.6 Å². The fourth-order valence-corrected chi connectivity index (χ4v) is 3.09. The second kappa shape index (κ2) is 11.0. The van der Waals surface area contributed by atoms with Crippen LogP contribution in [0.4, 0.5) is 4.79 Å². The van der Waals surface area contributed by atoms with E-state index in [-0.39, 0.29) is 23.6 Å². The Bertz CT molecular complexity index is 886. The number of rotatable bonds is 8. The molecule has 152 valence electrons. The van der Waals surface area contributed by atoms with Crippen molar-refractivity contribution in [2.75, 3.05) is 5.75 Å². The summed E-state index contributed by atoms with van der Waals surface area (Å²) in [6.07, 6.45) is -1.17. The van der Waals surface area contributed by atoms with Crippen LogP contribution in [0.3, 0.4) is 0 Å². The number of Topliss-reactive ketones (excluding diaryl/α,β-unsaturated/α-hetero) is 1. The fraction of sp³-hybridized carbons (Fsp3) is 0.238. The third-order valence-corrected chi connectivity index (χ3v) is 4.94. The first kappa shape index (κ1) is 22.2. The molecule has 0 saturated heterocycles. The van der Waals surface area contributed by atoms with Crippen LogP contribution in [0.25, 0.3) is 0 Å². The summed E-state index contributed by atoms with van der Waals surface area (Å²) in [4.78, 5) is 48.2. The summed E-state index contributed by atoms with van der Waals surface area (Å²) < 4.78 is 5.18. The van der Waals surface area contributed by atoms with E-state index < -0.39 is 24.0 Å². The predicted molar refractivity (Wildman–Crippen MR) is 110 cm³/mol. The van der Waals surface area contributed by atoms with Crippen LogP contribution in [0.5, 0.6) is 0 Å². The van der Waals surface area contributed by atoms with Crippen LogP contribution in [-0.4, -0.2) is 35.5 Å². The molecule has 0 aliphatic rings. The van der Waals surface area contributed by atoms with Gasteiger partial charge in [0.05, 0.1) is 11.3 Å². The Balaban J connectivity index is 1.88. The van der Waals surface area contributed by atoms with Gasteiger partial charge in [0.15, 0.2) is 6.10 Å². The molecule has 0 aromatic heterocycles. The SMILES string of the molecule is CC(=O)CSc1ccccc1C(=O)O[C@@H](C)C(=O)NC(=O)NCc1ccccc1. The smallest absolute Gasteiger partial charge is 0.340 e. The van der Waals surface area contributed by atoms with Crippen molar-refractivity contribution in [3.8, 4) is 0 Å². The van der Waals surface area contributed by atoms with Crippen LogP contribution < -0.4 is 10.6 Å². The van der Waals surface area contributed by atoms with Gasteiger partial charge < -0.3 is 10.1 Å². The topological polar surface area (TPSA) is 102 Å². The molecular formula is C21H22N2O5S. The summed E-state index contributed by atoms with van der Waals surface area (Å²) >= 11 is 1.22. The fourth-order valence-electron chi connectivity index (χ4n) is 2.25. The number of hydrogen-bond donors (Lipinski definition) is 2. The van der Waals surface area contributed by atoms with Gasteiger partial charge in [-0.15, -0.1) is 11.8 Å². The quantitative estimate of drug-likeness (QED) is 0.509. The highest BCUT2D eigenvalue weighted by atomic mass is 32.2. The average molecular weight is 414 g/mol. The molecule has 1 atom stereocenters. The predicted octanol–water partition coefficient (Wildman–Crippen LogP) is 2.94. The summed E-state index contributed by atoms with van der Waals surface area (Å²) in [6.45, 7) is 3.10. The highest BCUT2D eigenvalue weighted by molar-refractivity contribution is 8.00. The lowest BCUT2D eigenvalue weighted by Crippen LogP contribution is -2.44. The minimum Gasteiger partial charge on any atom is -0.449 e. The number of imide groups is 1. The van der Waals surface area contributed by atoms with E-state index in [2.05, 4.69) is 10.6 Å². The second-order valence-corrected chi connectivity index (χ2v) is 7.21. The van der Waals surface area contributed by atoms with Gasteiger partial charge in [-0.05, 0) is 31.5 Å². The number of esters is 1. The summed E-state index contributed by atoms with van der Waals surface area (Å²) in [6, 6.07) is 15.2. The molecule has 7 nitrogen and oxygen atoms in total. The monoisotopic (exact) mass is 414 g/mol. The van der Waals surface area contributed by atoms with E-state index in [9.17, 15) is 19.2 Å². The number of urea groups is 1. The third kappa shape index (κ3) is 7.42. The minimum absolute atomic E-state index is 0.0209. The van der Waals surface area contributed by atoms with Crippen molar-refractivity contribution in [2.45, 2.75) is 31.4 Å². The van der Waals surface area contributed by atoms with E-state index in [0.717, 1.165) is 5.56 Å². The number of benzene rings is 2. The van der Waals surface area contributed by atoms with Gasteiger partial charge in [-0.3, -0.25) is 14.9 Å². The van der Waals surface area contributed by atoms with Crippen LogP contribution in [0, 0.1) is 0 Å². The van der Waals surface area contributed by atoms with Crippen LogP contribution in [0.2, 0.25) is 0 Å². The molecule has 0 radical (unpaired) electrons. The minimum atomic E-state index is -1.17. The van der Waals surface area contributed by atoms with E-state index in [1.807, 2.05) is 30.3 Å². The first-order valence-electron chi connectivity index (χ1n) is 8.91. The van der Waals surface area contributed by atoms with Crippen LogP contribution in [0.15, 0.2) is 59.5 Å². The lowest BCUT2D eigenvalue weighted by molar-refractivity contribution is -0.128. The number of nitrogens with one attached hydrogen (secondary N) is 2. The molecule has 29 heavy (non-hydrogen) atoms. The van der Waals surface area contributed by atoms with Crippen LogP contribution in [-0.2, 0) is 20.9 Å². The molecule has 0 heterocycles. The van der Waals surface area contributed by atoms with Gasteiger partial charge in [0.2, 0.25) is 0 Å². The van der Waals surface area contributed by atoms with E-state index in [4.69, 9.17) is 4.74 Å². The van der Waals surface area contributed by atoms with Gasteiger partial charge in [0, 0.05) is 11.4 Å². The standard InChI is InChI=1S/C21H22N2O5S/c1-14(24)13-29-18-11-7-6-10-17(18)20(26)28-15(2)19(25)23-21(27)22-12-16-8-4-3-5-9-16/h3-11,15H,12-13H2,1-2H3,(H2,22,23,25,27)/t15-/m0/s1. The largest absolute Gasteiger partial charge is 0.449 e. The van der Waals surface area contributed by atoms with Gasteiger partial charge in [-0.25, -0.2) is 9.59 Å². The number of hydrogen-bond acceptors (Lipinski definition) is 6. The zero-order chi connectivity index (χ0) is 21.2. The van der Waals surface area contributed by atoms with Crippen molar-refractivity contribution in [1.29, 1.82) is 0 Å². The van der Waals surface area contributed by atoms with Crippen molar-refractivity contribution >= 4 is 35.5 Å². The molecule has 3 amide bonds. The molecule has 2 aromatic carbocycles. The molecule has 2 rings (SSSR count). The number of thioether (sulfide) groups is 1. The maximum absolute atomic E-state index is 12.4. The number of ether oxygens (including phenoxy) is 1. The van der Waals surface area contributed by atoms with Gasteiger partial charge >= 0.3 is 12.0 Å². The molecular weight excluding hydrogens is 392 g/mol. The third-order valence-electron chi connectivity index (χ3n) is 3.72. The maximum atomic E-state index is 12.4. The molecule has 0 saturated carbocycles. The van der Waals surface area contributed by atoms with E-state index >= 15 is 0 Å². The number of carbonyl (C=O) groups excluding carboxylic acids is 4. The Hall–Kier alpha value is -3.13. The van der Waals surface area contributed by atoms with Crippen molar-refractivity contribution in [2.24, 2.45) is 0 Å². The Kier molecular flexibility index (Phi) is 8.42. The number of ketones is 1. The molecule has 2 N–H and O–H groups in total. The van der Waals surface area contributed by atoms with Crippen molar-refractivity contribution < 1.29 is 23.9 Å². The highest BCUT2D eigenvalue weighted by Gasteiger charge is 2.22. The van der Waals surface area contributed by atoms with Crippen molar-refractivity contribution in [3.05, 3.63) is 65.7 Å². The maximum Gasteiger partial charge on any atom is 0.340 e. The lowest BCUT2D eigenvalue weighted by atomic mass is 10.2. The van der Waals surface area contributed by atoms with Gasteiger partial charge in [0.25, 0.3) is 5.91 Å². The van der Waals surface area contributed by atoms with Gasteiger partial charge in [0.1, 0.15) is 5.78 Å². The Morgan fingerprint density at radius 2 is 1.66 bits per heavy atom. The zero-order valence-electron chi connectivity index (χ0n) is 16.1. The summed E-state index contributed by atoms with van der Waals surface area (Å²) in [5, 5.41) is 4.70. The average Bonchev–Trinajstić information content (AvgIpc) is 2.71. The Labute approximate surface area is 173 Å². The van der Waals surface area contributed by atoms with E-state index in [1.54, 1.807) is 24.3 Å². The van der Waals surface area contributed by atoms with Crippen LogP contribution >= 0.6 is 11.8 Å². The molecule has 0 unspecified atom stereocenters. The van der Waals surface area contributed by atoms with Gasteiger partial charge in [-0.1, -0.05) is 42.5 Å². The molecule has 8 heteroatoms. The molecule has 0 aliphatic heterocycles. The first-order chi connectivity index (χ1) is 13.9. The summed E-state index contributed by atoms with van der Waals surface area (Å²) in [5.41, 5.74) is 1.14. The molecule has 2 aromatic rings. The Morgan fingerprint density at radius 3 is 2.34 bits per heavy atom. The van der Waals surface area contributed by atoms with Crippen molar-refractivity contribution in [3.63, 3.8) is 0 Å². The zero-order valence-corrected chi connectivity index (χ0v) is 17.0. The van der Waals surface area contributed by atoms with Crippen molar-refractivity contribution in [1.82, 2.24) is 10.6 Å². The van der Waals surface area contributed by atoms with Crippen LogP contribution in [0.1, 0.15) is 29.8 Å². The summed E-state index contributed by atoms with van der Waals surface area (Å²) in [7, 11) is 0. The summed E-state index contributed by atoms with van der Waals surface area (Å²) in [5.74, 6) is -1.24. The normalized spacial score (nSPS) is 11.2. The number of carbonyl (C=O) groups is 4. The molecule has 0 fully saturated rings. The second-order valence-electron chi connectivity index (χ2n) is 6.19. The molecule has 0 aliphatic carbocycles. The highest BCUT2D eigenvalue weighted by Crippen LogP contribution is 2.23. The van der Waals surface area contributed by atoms with E-state index in [0.29, 0.717) is 4.90 Å². The first-order valence-corrected chi connectivity index (χ1v) is 9.90. The Morgan fingerprint density at radius 1 is 1.00 bits per heavy atom. The number of amides is 3.